The highest BCUT2D eigenvalue weighted by Crippen LogP contribution is 2.28. The summed E-state index contributed by atoms with van der Waals surface area (Å²) in [4.78, 5) is 17.4. The van der Waals surface area contributed by atoms with E-state index in [2.05, 4.69) is 4.90 Å². The number of fused-ring (bicyclic) bond motifs is 1. The van der Waals surface area contributed by atoms with Gasteiger partial charge < -0.3 is 14.4 Å². The highest BCUT2D eigenvalue weighted by atomic mass is 32.2. The van der Waals surface area contributed by atoms with Crippen molar-refractivity contribution in [2.75, 3.05) is 38.1 Å². The topological polar surface area (TPSA) is 62.6 Å². The summed E-state index contributed by atoms with van der Waals surface area (Å²) in [6.07, 6.45) is 3.15. The number of aromatic nitrogens is 1. The van der Waals surface area contributed by atoms with Crippen molar-refractivity contribution in [1.82, 2.24) is 9.47 Å². The van der Waals surface area contributed by atoms with Gasteiger partial charge in [-0.15, -0.1) is 0 Å². The van der Waals surface area contributed by atoms with E-state index in [0.29, 0.717) is 30.8 Å². The number of aryl methyl sites for hydroxylation is 3. The van der Waals surface area contributed by atoms with Gasteiger partial charge in [-0.05, 0) is 62.7 Å². The highest BCUT2D eigenvalue weighted by molar-refractivity contribution is 7.91. The van der Waals surface area contributed by atoms with Gasteiger partial charge >= 0.3 is 0 Å². The van der Waals surface area contributed by atoms with Crippen molar-refractivity contribution in [2.45, 2.75) is 49.9 Å². The lowest BCUT2D eigenvalue weighted by Gasteiger charge is -2.34. The molecule has 182 valence electrons. The molecule has 0 atom stereocenters. The van der Waals surface area contributed by atoms with Crippen molar-refractivity contribution >= 4 is 26.4 Å². The van der Waals surface area contributed by atoms with Gasteiger partial charge in [0.25, 0.3) is 0 Å². The minimum atomic E-state index is -4.07. The van der Waals surface area contributed by atoms with Gasteiger partial charge in [-0.2, -0.15) is 0 Å². The molecule has 34 heavy (non-hydrogen) atoms. The molecule has 6 nitrogen and oxygen atoms in total. The summed E-state index contributed by atoms with van der Waals surface area (Å²) in [5.41, 5.74) is 2.15. The molecule has 2 aromatic carbocycles. The summed E-state index contributed by atoms with van der Waals surface area (Å²) in [6.45, 7) is 9.36. The molecule has 1 aromatic heterocycles. The second-order valence-corrected chi connectivity index (χ2v) is 11.1. The third-order valence-electron chi connectivity index (χ3n) is 6.79. The Bertz CT molecular complexity index is 1390. The molecule has 0 saturated carbocycles. The summed E-state index contributed by atoms with van der Waals surface area (Å²) in [5.74, 6) is -0.503. The maximum atomic E-state index is 15.3. The maximum absolute atomic E-state index is 15.3. The van der Waals surface area contributed by atoms with Crippen molar-refractivity contribution in [3.05, 3.63) is 63.7 Å². The van der Waals surface area contributed by atoms with Crippen LogP contribution in [-0.2, 0) is 16.4 Å². The van der Waals surface area contributed by atoms with Gasteiger partial charge in [0, 0.05) is 38.9 Å². The molecule has 1 saturated heterocycles. The van der Waals surface area contributed by atoms with Crippen molar-refractivity contribution in [3.63, 3.8) is 0 Å². The molecule has 1 fully saturated rings. The van der Waals surface area contributed by atoms with Gasteiger partial charge in [0.05, 0.1) is 21.5 Å². The third-order valence-corrected chi connectivity index (χ3v) is 8.54. The van der Waals surface area contributed by atoms with E-state index in [1.54, 1.807) is 22.8 Å². The van der Waals surface area contributed by atoms with Crippen LogP contribution >= 0.6 is 0 Å². The molecule has 8 heteroatoms. The SMILES string of the molecule is CCCCn1cc(S(=O)(=O)c2ccc(C)c(C)c2)c(=O)c2cc(F)c(N3CCN(C)CC3)cc21. The van der Waals surface area contributed by atoms with E-state index in [4.69, 9.17) is 0 Å². The molecule has 0 radical (unpaired) electrons. The van der Waals surface area contributed by atoms with Gasteiger partial charge in [-0.3, -0.25) is 4.79 Å². The first-order valence-corrected chi connectivity index (χ1v) is 13.2. The molecular formula is C26H32FN3O3S. The molecule has 0 amide bonds. The first-order valence-electron chi connectivity index (χ1n) is 11.8. The average Bonchev–Trinajstić information content (AvgIpc) is 2.81. The van der Waals surface area contributed by atoms with Crippen LogP contribution in [0.5, 0.6) is 0 Å². The molecule has 3 aromatic rings. The number of halogens is 1. The number of hydrogen-bond donors (Lipinski definition) is 0. The lowest BCUT2D eigenvalue weighted by Crippen LogP contribution is -2.44. The lowest BCUT2D eigenvalue weighted by molar-refractivity contribution is 0.312. The first-order chi connectivity index (χ1) is 16.1. The highest BCUT2D eigenvalue weighted by Gasteiger charge is 2.26. The maximum Gasteiger partial charge on any atom is 0.211 e. The standard InChI is InChI=1S/C26H32FN3O3S/c1-5-6-9-30-17-25(34(32,33)20-8-7-18(2)19(3)14-20)26(31)21-15-22(27)24(16-23(21)30)29-12-10-28(4)11-13-29/h7-8,14-17H,5-6,9-13H2,1-4H3. The Balaban J connectivity index is 1.91. The molecule has 2 heterocycles. The van der Waals surface area contributed by atoms with Gasteiger partial charge in [0.2, 0.25) is 15.3 Å². The van der Waals surface area contributed by atoms with Crippen LogP contribution in [0.3, 0.4) is 0 Å². The number of pyridine rings is 1. The van der Waals surface area contributed by atoms with E-state index in [0.717, 1.165) is 37.1 Å². The van der Waals surface area contributed by atoms with Crippen LogP contribution in [0, 0.1) is 19.7 Å². The van der Waals surface area contributed by atoms with Gasteiger partial charge in [0.15, 0.2) is 0 Å². The zero-order valence-electron chi connectivity index (χ0n) is 20.3. The predicted molar refractivity (Wildman–Crippen MR) is 134 cm³/mol. The Morgan fingerprint density at radius 1 is 1.00 bits per heavy atom. The molecule has 0 bridgehead atoms. The normalized spacial score (nSPS) is 15.3. The number of likely N-dealkylation sites (N-methyl/N-ethyl adjacent to an activating group) is 1. The van der Waals surface area contributed by atoms with Crippen LogP contribution in [0.4, 0.5) is 10.1 Å². The first kappa shape index (κ1) is 24.4. The van der Waals surface area contributed by atoms with Crippen LogP contribution in [0.25, 0.3) is 10.9 Å². The molecule has 0 aliphatic carbocycles. The fourth-order valence-electron chi connectivity index (χ4n) is 4.38. The second-order valence-electron chi connectivity index (χ2n) is 9.23. The van der Waals surface area contributed by atoms with E-state index in [-0.39, 0.29) is 15.2 Å². The number of nitrogens with zero attached hydrogens (tertiary/aromatic N) is 3. The van der Waals surface area contributed by atoms with Crippen LogP contribution in [0.1, 0.15) is 30.9 Å². The number of anilines is 1. The zero-order chi connectivity index (χ0) is 24.6. The van der Waals surface area contributed by atoms with Crippen molar-refractivity contribution in [1.29, 1.82) is 0 Å². The Hall–Kier alpha value is -2.71. The predicted octanol–water partition coefficient (Wildman–Crippen LogP) is 4.14. The third kappa shape index (κ3) is 4.49. The average molecular weight is 486 g/mol. The number of unbranched alkanes of at least 4 members (excludes halogenated alkanes) is 1. The van der Waals surface area contributed by atoms with E-state index in [9.17, 15) is 13.2 Å². The van der Waals surface area contributed by atoms with Crippen LogP contribution in [-0.4, -0.2) is 51.1 Å². The van der Waals surface area contributed by atoms with Gasteiger partial charge in [-0.1, -0.05) is 19.4 Å². The number of rotatable bonds is 6. The van der Waals surface area contributed by atoms with Crippen LogP contribution < -0.4 is 10.3 Å². The molecule has 0 spiro atoms. The second kappa shape index (κ2) is 9.50. The van der Waals surface area contributed by atoms with E-state index < -0.39 is 21.1 Å². The number of piperazine rings is 1. The smallest absolute Gasteiger partial charge is 0.211 e. The molecule has 0 N–H and O–H groups in total. The minimum absolute atomic E-state index is 0.0728. The lowest BCUT2D eigenvalue weighted by atomic mass is 10.1. The summed E-state index contributed by atoms with van der Waals surface area (Å²) in [7, 11) is -2.03. The van der Waals surface area contributed by atoms with Crippen LogP contribution in [0.15, 0.2) is 51.1 Å². The van der Waals surface area contributed by atoms with Crippen molar-refractivity contribution in [3.8, 4) is 0 Å². The van der Waals surface area contributed by atoms with Crippen molar-refractivity contribution in [2.24, 2.45) is 0 Å². The number of benzene rings is 2. The Morgan fingerprint density at radius 3 is 2.35 bits per heavy atom. The Labute approximate surface area is 200 Å². The summed E-state index contributed by atoms with van der Waals surface area (Å²) in [6, 6.07) is 7.77. The monoisotopic (exact) mass is 485 g/mol. The fraction of sp³-hybridized carbons (Fsp3) is 0.423. The number of sulfone groups is 1. The molecule has 1 aliphatic heterocycles. The zero-order valence-corrected chi connectivity index (χ0v) is 21.1. The Kier molecular flexibility index (Phi) is 6.82. The van der Waals surface area contributed by atoms with E-state index >= 15 is 4.39 Å². The Morgan fingerprint density at radius 2 is 1.71 bits per heavy atom. The van der Waals surface area contributed by atoms with E-state index in [1.165, 1.54) is 18.3 Å². The largest absolute Gasteiger partial charge is 0.367 e. The molecule has 0 unspecified atom stereocenters. The molecular weight excluding hydrogens is 453 g/mol. The van der Waals surface area contributed by atoms with Gasteiger partial charge in [-0.25, -0.2) is 12.8 Å². The van der Waals surface area contributed by atoms with Crippen molar-refractivity contribution < 1.29 is 12.8 Å². The van der Waals surface area contributed by atoms with Crippen LogP contribution in [0.2, 0.25) is 0 Å². The summed E-state index contributed by atoms with van der Waals surface area (Å²) >= 11 is 0. The summed E-state index contributed by atoms with van der Waals surface area (Å²) < 4.78 is 44.1. The quantitative estimate of drug-likeness (QED) is 0.525. The molecule has 4 rings (SSSR count). The fourth-order valence-corrected chi connectivity index (χ4v) is 5.83. The van der Waals surface area contributed by atoms with Gasteiger partial charge in [0.1, 0.15) is 10.7 Å². The summed E-state index contributed by atoms with van der Waals surface area (Å²) in [5, 5.41) is 0.0939. The number of hydrogen-bond acceptors (Lipinski definition) is 5. The minimum Gasteiger partial charge on any atom is -0.367 e. The van der Waals surface area contributed by atoms with E-state index in [1.807, 2.05) is 32.7 Å². The molecule has 1 aliphatic rings.